The molecule has 32 heavy (non-hydrogen) atoms. The summed E-state index contributed by atoms with van der Waals surface area (Å²) in [4.78, 5) is 38.5. The van der Waals surface area contributed by atoms with Gasteiger partial charge in [-0.3, -0.25) is 14.5 Å². The van der Waals surface area contributed by atoms with Crippen molar-refractivity contribution in [3.8, 4) is 0 Å². The second-order valence-electron chi connectivity index (χ2n) is 7.05. The first-order valence-electron chi connectivity index (χ1n) is 9.44. The molecule has 1 unspecified atom stereocenters. The van der Waals surface area contributed by atoms with Crippen molar-refractivity contribution in [1.82, 2.24) is 0 Å². The number of aliphatic hydroxyl groups is 1. The Hall–Kier alpha value is -3.78. The molecule has 0 aromatic heterocycles. The van der Waals surface area contributed by atoms with E-state index in [1.165, 1.54) is 42.5 Å². The van der Waals surface area contributed by atoms with Gasteiger partial charge in [0.05, 0.1) is 17.2 Å². The number of Topliss-reactive ketones (excluding diaryl/α,β-unsaturated/α-hetero) is 1. The molecule has 3 aromatic rings. The molecule has 1 fully saturated rings. The van der Waals surface area contributed by atoms with E-state index in [4.69, 9.17) is 0 Å². The number of carbonyl (C=O) groups is 3. The monoisotopic (exact) mass is 495 g/mol. The second kappa shape index (κ2) is 8.39. The molecule has 1 saturated heterocycles. The predicted molar refractivity (Wildman–Crippen MR) is 119 cm³/mol. The molecule has 1 heterocycles. The molecule has 0 radical (unpaired) electrons. The number of halogens is 2. The van der Waals surface area contributed by atoms with Gasteiger partial charge in [0.2, 0.25) is 0 Å². The van der Waals surface area contributed by atoms with E-state index in [-0.39, 0.29) is 28.0 Å². The maximum atomic E-state index is 14.8. The quantitative estimate of drug-likeness (QED) is 0.304. The van der Waals surface area contributed by atoms with E-state index in [1.54, 1.807) is 30.3 Å². The van der Waals surface area contributed by atoms with E-state index in [0.717, 1.165) is 9.37 Å². The van der Waals surface area contributed by atoms with Crippen LogP contribution in [0.25, 0.3) is 5.76 Å². The molecule has 6 nitrogen and oxygen atoms in total. The van der Waals surface area contributed by atoms with E-state index >= 15 is 0 Å². The predicted octanol–water partition coefficient (Wildman–Crippen LogP) is 4.91. The van der Waals surface area contributed by atoms with Crippen molar-refractivity contribution in [2.45, 2.75) is 6.04 Å². The summed E-state index contributed by atoms with van der Waals surface area (Å²) in [5.41, 5.74) is -0.0410. The molecule has 1 aliphatic heterocycles. The minimum absolute atomic E-state index is 0.00825. The number of hydrogen-bond acceptors (Lipinski definition) is 4. The molecule has 0 bridgehead atoms. The molecule has 0 aliphatic carbocycles. The van der Waals surface area contributed by atoms with Gasteiger partial charge in [-0.15, -0.1) is 0 Å². The number of hydrogen-bond donors (Lipinski definition) is 2. The second-order valence-corrected chi connectivity index (χ2v) is 7.97. The van der Waals surface area contributed by atoms with Gasteiger partial charge in [-0.25, -0.2) is 9.18 Å². The van der Waals surface area contributed by atoms with Crippen LogP contribution in [-0.4, -0.2) is 27.9 Å². The Morgan fingerprint density at radius 3 is 2.25 bits per heavy atom. The number of carbonyl (C=O) groups excluding carboxylic acids is 2. The maximum absolute atomic E-state index is 14.8. The van der Waals surface area contributed by atoms with Gasteiger partial charge in [-0.1, -0.05) is 52.3 Å². The van der Waals surface area contributed by atoms with Gasteiger partial charge in [0.25, 0.3) is 11.7 Å². The number of amides is 1. The maximum Gasteiger partial charge on any atom is 0.335 e. The highest BCUT2D eigenvalue weighted by Gasteiger charge is 2.47. The van der Waals surface area contributed by atoms with Crippen LogP contribution >= 0.6 is 15.9 Å². The number of anilines is 1. The van der Waals surface area contributed by atoms with E-state index in [9.17, 15) is 29.0 Å². The molecular weight excluding hydrogens is 481 g/mol. The first-order chi connectivity index (χ1) is 15.3. The Bertz CT molecular complexity index is 1290. The molecule has 3 aromatic carbocycles. The highest BCUT2D eigenvalue weighted by Crippen LogP contribution is 2.43. The first kappa shape index (κ1) is 21.5. The third-order valence-corrected chi connectivity index (χ3v) is 5.66. The molecule has 160 valence electrons. The van der Waals surface area contributed by atoms with Crippen LogP contribution in [0, 0.1) is 5.82 Å². The Morgan fingerprint density at radius 1 is 0.906 bits per heavy atom. The Morgan fingerprint density at radius 2 is 1.59 bits per heavy atom. The van der Waals surface area contributed by atoms with E-state index < -0.39 is 35.3 Å². The standard InChI is InChI=1S/C24H15BrFNO5/c25-15-10-8-13(9-11-15)21(28)19-20(17-6-1-2-7-18(17)26)27(23(30)22(19)29)16-5-3-4-14(12-16)24(31)32/h1-12,20,28H,(H,31,32)/b21-19-. The fourth-order valence-corrected chi connectivity index (χ4v) is 3.91. The highest BCUT2D eigenvalue weighted by molar-refractivity contribution is 9.10. The number of rotatable bonds is 4. The SMILES string of the molecule is O=C1C(=O)N(c2cccc(C(=O)O)c2)C(c2ccccc2F)/C1=C(/O)c1ccc(Br)cc1. The van der Waals surface area contributed by atoms with Gasteiger partial charge >= 0.3 is 5.97 Å². The molecule has 1 atom stereocenters. The first-order valence-corrected chi connectivity index (χ1v) is 10.2. The molecule has 1 amide bonds. The van der Waals surface area contributed by atoms with E-state index in [2.05, 4.69) is 15.9 Å². The van der Waals surface area contributed by atoms with Gasteiger partial charge in [0.15, 0.2) is 0 Å². The van der Waals surface area contributed by atoms with Crippen molar-refractivity contribution in [1.29, 1.82) is 0 Å². The lowest BCUT2D eigenvalue weighted by molar-refractivity contribution is -0.132. The largest absolute Gasteiger partial charge is 0.507 e. The number of carboxylic acids is 1. The summed E-state index contributed by atoms with van der Waals surface area (Å²) in [5.74, 6) is -4.36. The average Bonchev–Trinajstić information content (AvgIpc) is 3.04. The number of aliphatic hydroxyl groups excluding tert-OH is 1. The van der Waals surface area contributed by atoms with E-state index in [0.29, 0.717) is 0 Å². The summed E-state index contributed by atoms with van der Waals surface area (Å²) in [6.45, 7) is 0. The van der Waals surface area contributed by atoms with Crippen LogP contribution < -0.4 is 4.90 Å². The van der Waals surface area contributed by atoms with Gasteiger partial charge in [-0.2, -0.15) is 0 Å². The zero-order valence-electron chi connectivity index (χ0n) is 16.3. The topological polar surface area (TPSA) is 94.9 Å². The van der Waals surface area contributed by atoms with Crippen LogP contribution in [0.4, 0.5) is 10.1 Å². The number of aromatic carboxylic acids is 1. The van der Waals surface area contributed by atoms with Gasteiger partial charge in [0.1, 0.15) is 11.6 Å². The molecule has 0 saturated carbocycles. The van der Waals surface area contributed by atoms with Crippen LogP contribution in [-0.2, 0) is 9.59 Å². The highest BCUT2D eigenvalue weighted by atomic mass is 79.9. The van der Waals surface area contributed by atoms with Crippen LogP contribution in [0.15, 0.2) is 82.8 Å². The lowest BCUT2D eigenvalue weighted by Gasteiger charge is -2.26. The minimum atomic E-state index is -1.29. The van der Waals surface area contributed by atoms with Crippen molar-refractivity contribution in [3.63, 3.8) is 0 Å². The molecular formula is C24H15BrFNO5. The van der Waals surface area contributed by atoms with Crippen LogP contribution in [0.5, 0.6) is 0 Å². The van der Waals surface area contributed by atoms with Gasteiger partial charge in [-0.05, 0) is 36.4 Å². The smallest absolute Gasteiger partial charge is 0.335 e. The van der Waals surface area contributed by atoms with Crippen LogP contribution in [0.1, 0.15) is 27.5 Å². The van der Waals surface area contributed by atoms with Crippen molar-refractivity contribution < 1.29 is 29.0 Å². The summed E-state index contributed by atoms with van der Waals surface area (Å²) in [6.07, 6.45) is 0. The fourth-order valence-electron chi connectivity index (χ4n) is 3.64. The third-order valence-electron chi connectivity index (χ3n) is 5.13. The van der Waals surface area contributed by atoms with Crippen molar-refractivity contribution >= 4 is 45.0 Å². The number of ketones is 1. The summed E-state index contributed by atoms with van der Waals surface area (Å²) in [5, 5.41) is 20.3. The van der Waals surface area contributed by atoms with Crippen molar-refractivity contribution in [2.75, 3.05) is 4.90 Å². The number of carboxylic acid groups (broad SMARTS) is 1. The van der Waals surface area contributed by atoms with Crippen molar-refractivity contribution in [2.24, 2.45) is 0 Å². The summed E-state index contributed by atoms with van der Waals surface area (Å²) >= 11 is 3.29. The lowest BCUT2D eigenvalue weighted by Crippen LogP contribution is -2.30. The Kier molecular flexibility index (Phi) is 5.63. The fraction of sp³-hybridized carbons (Fsp3) is 0.0417. The van der Waals surface area contributed by atoms with Crippen molar-refractivity contribution in [3.05, 3.63) is 105 Å². The summed E-state index contributed by atoms with van der Waals surface area (Å²) in [7, 11) is 0. The van der Waals surface area contributed by atoms with Gasteiger partial charge < -0.3 is 10.2 Å². The lowest BCUT2D eigenvalue weighted by atomic mass is 9.94. The van der Waals surface area contributed by atoms with E-state index in [1.807, 2.05) is 0 Å². The molecule has 2 N–H and O–H groups in total. The zero-order valence-corrected chi connectivity index (χ0v) is 17.9. The number of benzene rings is 3. The van der Waals surface area contributed by atoms with Crippen LogP contribution in [0.2, 0.25) is 0 Å². The third kappa shape index (κ3) is 3.69. The summed E-state index contributed by atoms with van der Waals surface area (Å²) < 4.78 is 15.6. The summed E-state index contributed by atoms with van der Waals surface area (Å²) in [6, 6.07) is 16.2. The van der Waals surface area contributed by atoms with Gasteiger partial charge in [0, 0.05) is 21.3 Å². The molecule has 1 aliphatic rings. The molecule has 0 spiro atoms. The normalized spacial score (nSPS) is 17.6. The average molecular weight is 496 g/mol. The number of nitrogens with zero attached hydrogens (tertiary/aromatic N) is 1. The van der Waals surface area contributed by atoms with Crippen LogP contribution in [0.3, 0.4) is 0 Å². The zero-order chi connectivity index (χ0) is 23.0. The molecule has 8 heteroatoms. The Balaban J connectivity index is 1.97. The minimum Gasteiger partial charge on any atom is -0.507 e. The Labute approximate surface area is 190 Å². The molecule has 4 rings (SSSR count).